The van der Waals surface area contributed by atoms with Crippen molar-refractivity contribution in [2.24, 2.45) is 13.0 Å². The van der Waals surface area contributed by atoms with Crippen LogP contribution < -0.4 is 4.74 Å². The third-order valence-electron chi connectivity index (χ3n) is 3.64. The van der Waals surface area contributed by atoms with Gasteiger partial charge in [0.15, 0.2) is 0 Å². The summed E-state index contributed by atoms with van der Waals surface area (Å²) in [6.45, 7) is 3.52. The van der Waals surface area contributed by atoms with Crippen LogP contribution in [0.3, 0.4) is 0 Å². The molecule has 1 aliphatic heterocycles. The van der Waals surface area contributed by atoms with E-state index in [1.807, 2.05) is 14.0 Å². The zero-order valence-corrected chi connectivity index (χ0v) is 11.3. The lowest BCUT2D eigenvalue weighted by Crippen LogP contribution is -2.18. The van der Waals surface area contributed by atoms with Gasteiger partial charge in [0.05, 0.1) is 24.5 Å². The van der Waals surface area contributed by atoms with E-state index in [2.05, 4.69) is 5.10 Å². The maximum atomic E-state index is 10.4. The molecule has 1 N–H and O–H groups in total. The molecule has 1 fully saturated rings. The van der Waals surface area contributed by atoms with Gasteiger partial charge in [-0.3, -0.25) is 0 Å². The van der Waals surface area contributed by atoms with E-state index in [4.69, 9.17) is 9.47 Å². The van der Waals surface area contributed by atoms with Crippen molar-refractivity contribution in [2.45, 2.75) is 32.3 Å². The third-order valence-corrected chi connectivity index (χ3v) is 3.64. The molecule has 18 heavy (non-hydrogen) atoms. The second-order valence-electron chi connectivity index (χ2n) is 4.94. The Balaban J connectivity index is 2.10. The number of hydrogen-bond acceptors (Lipinski definition) is 4. The van der Waals surface area contributed by atoms with Crippen LogP contribution in [0.4, 0.5) is 0 Å². The fraction of sp³-hybridized carbons (Fsp3) is 0.769. The van der Waals surface area contributed by atoms with E-state index >= 15 is 0 Å². The van der Waals surface area contributed by atoms with Crippen molar-refractivity contribution in [3.63, 3.8) is 0 Å². The van der Waals surface area contributed by atoms with E-state index in [0.717, 1.165) is 43.7 Å². The van der Waals surface area contributed by atoms with Gasteiger partial charge in [-0.25, -0.2) is 4.68 Å². The van der Waals surface area contributed by atoms with Gasteiger partial charge in [-0.2, -0.15) is 5.10 Å². The third kappa shape index (κ3) is 2.67. The molecule has 0 amide bonds. The first-order chi connectivity index (χ1) is 8.63. The van der Waals surface area contributed by atoms with Crippen LogP contribution in [0.25, 0.3) is 0 Å². The van der Waals surface area contributed by atoms with E-state index in [1.165, 1.54) is 0 Å². The molecular formula is C13H22N2O3. The Morgan fingerprint density at radius 3 is 2.78 bits per heavy atom. The summed E-state index contributed by atoms with van der Waals surface area (Å²) in [5, 5.41) is 14.7. The predicted molar refractivity (Wildman–Crippen MR) is 67.6 cm³/mol. The number of ether oxygens (including phenoxy) is 2. The summed E-state index contributed by atoms with van der Waals surface area (Å²) in [5.74, 6) is 1.19. The molecule has 0 bridgehead atoms. The quantitative estimate of drug-likeness (QED) is 0.886. The van der Waals surface area contributed by atoms with Crippen molar-refractivity contribution < 1.29 is 14.6 Å². The zero-order valence-electron chi connectivity index (χ0n) is 11.3. The molecule has 1 aromatic rings. The number of methoxy groups -OCH3 is 1. The average Bonchev–Trinajstić information content (AvgIpc) is 2.64. The lowest BCUT2D eigenvalue weighted by molar-refractivity contribution is 0.0429. The smallest absolute Gasteiger partial charge is 0.217 e. The van der Waals surface area contributed by atoms with E-state index < -0.39 is 6.10 Å². The molecular weight excluding hydrogens is 232 g/mol. The molecule has 2 rings (SSSR count). The van der Waals surface area contributed by atoms with Crippen molar-refractivity contribution in [1.82, 2.24) is 9.78 Å². The maximum Gasteiger partial charge on any atom is 0.217 e. The van der Waals surface area contributed by atoms with Crippen molar-refractivity contribution in [3.8, 4) is 5.88 Å². The zero-order chi connectivity index (χ0) is 13.1. The van der Waals surface area contributed by atoms with Crippen LogP contribution in [0.15, 0.2) is 0 Å². The number of hydrogen-bond donors (Lipinski definition) is 1. The highest BCUT2D eigenvalue weighted by atomic mass is 16.5. The lowest BCUT2D eigenvalue weighted by Gasteiger charge is -2.24. The molecule has 1 unspecified atom stereocenters. The first-order valence-corrected chi connectivity index (χ1v) is 6.46. The Bertz CT molecular complexity index is 397. The topological polar surface area (TPSA) is 56.5 Å². The van der Waals surface area contributed by atoms with Gasteiger partial charge >= 0.3 is 0 Å². The first kappa shape index (κ1) is 13.4. The molecule has 1 saturated heterocycles. The van der Waals surface area contributed by atoms with Gasteiger partial charge in [0.1, 0.15) is 0 Å². The summed E-state index contributed by atoms with van der Waals surface area (Å²) in [6, 6.07) is 0. The molecule has 0 radical (unpaired) electrons. The van der Waals surface area contributed by atoms with E-state index in [-0.39, 0.29) is 0 Å². The Kier molecular flexibility index (Phi) is 4.24. The molecule has 1 atom stereocenters. The SMILES string of the molecule is COc1c(C(O)CC2CCOCC2)c(C)nn1C. The highest BCUT2D eigenvalue weighted by molar-refractivity contribution is 5.33. The largest absolute Gasteiger partial charge is 0.481 e. The molecule has 2 heterocycles. The van der Waals surface area contributed by atoms with Crippen LogP contribution in [0.5, 0.6) is 5.88 Å². The van der Waals surface area contributed by atoms with E-state index in [9.17, 15) is 5.11 Å². The van der Waals surface area contributed by atoms with Gasteiger partial charge in [-0.05, 0) is 32.1 Å². The number of aryl methyl sites for hydroxylation is 2. The highest BCUT2D eigenvalue weighted by Gasteiger charge is 2.25. The van der Waals surface area contributed by atoms with Crippen LogP contribution in [-0.2, 0) is 11.8 Å². The van der Waals surface area contributed by atoms with Gasteiger partial charge in [-0.15, -0.1) is 0 Å². The highest BCUT2D eigenvalue weighted by Crippen LogP contribution is 2.34. The van der Waals surface area contributed by atoms with Gasteiger partial charge in [0.25, 0.3) is 0 Å². The van der Waals surface area contributed by atoms with Crippen LogP contribution in [-0.4, -0.2) is 35.2 Å². The number of aliphatic hydroxyl groups excluding tert-OH is 1. The van der Waals surface area contributed by atoms with Crippen molar-refractivity contribution in [2.75, 3.05) is 20.3 Å². The lowest BCUT2D eigenvalue weighted by atomic mass is 9.91. The second kappa shape index (κ2) is 5.71. The summed E-state index contributed by atoms with van der Waals surface area (Å²) in [5.41, 5.74) is 1.67. The molecule has 102 valence electrons. The minimum Gasteiger partial charge on any atom is -0.481 e. The summed E-state index contributed by atoms with van der Waals surface area (Å²) in [4.78, 5) is 0. The molecule has 5 nitrogen and oxygen atoms in total. The van der Waals surface area contributed by atoms with Gasteiger partial charge < -0.3 is 14.6 Å². The molecule has 5 heteroatoms. The maximum absolute atomic E-state index is 10.4. The van der Waals surface area contributed by atoms with Crippen molar-refractivity contribution in [1.29, 1.82) is 0 Å². The van der Waals surface area contributed by atoms with Gasteiger partial charge in [-0.1, -0.05) is 0 Å². The summed E-state index contributed by atoms with van der Waals surface area (Å²) in [7, 11) is 3.44. The summed E-state index contributed by atoms with van der Waals surface area (Å²) in [6.07, 6.45) is 2.31. The molecule has 1 aliphatic rings. The first-order valence-electron chi connectivity index (χ1n) is 6.46. The van der Waals surface area contributed by atoms with E-state index in [1.54, 1.807) is 11.8 Å². The monoisotopic (exact) mass is 254 g/mol. The number of rotatable bonds is 4. The summed E-state index contributed by atoms with van der Waals surface area (Å²) < 4.78 is 12.3. The molecule has 0 spiro atoms. The second-order valence-corrected chi connectivity index (χ2v) is 4.94. The minimum atomic E-state index is -0.503. The Morgan fingerprint density at radius 1 is 1.50 bits per heavy atom. The van der Waals surface area contributed by atoms with Crippen LogP contribution in [0.1, 0.15) is 36.6 Å². The Labute approximate surface area is 108 Å². The average molecular weight is 254 g/mol. The Morgan fingerprint density at radius 2 is 2.17 bits per heavy atom. The van der Waals surface area contributed by atoms with Crippen molar-refractivity contribution in [3.05, 3.63) is 11.3 Å². The number of aliphatic hydroxyl groups is 1. The van der Waals surface area contributed by atoms with Gasteiger partial charge in [0.2, 0.25) is 5.88 Å². The molecule has 0 saturated carbocycles. The minimum absolute atomic E-state index is 0.503. The van der Waals surface area contributed by atoms with Crippen LogP contribution in [0, 0.1) is 12.8 Å². The molecule has 0 aliphatic carbocycles. The van der Waals surface area contributed by atoms with Crippen LogP contribution in [0.2, 0.25) is 0 Å². The fourth-order valence-electron chi connectivity index (χ4n) is 2.69. The molecule has 1 aromatic heterocycles. The van der Waals surface area contributed by atoms with Crippen LogP contribution >= 0.6 is 0 Å². The normalized spacial score (nSPS) is 18.9. The Hall–Kier alpha value is -1.07. The van der Waals surface area contributed by atoms with Crippen molar-refractivity contribution >= 4 is 0 Å². The van der Waals surface area contributed by atoms with Gasteiger partial charge in [0, 0.05) is 20.3 Å². The molecule has 0 aromatic carbocycles. The fourth-order valence-corrected chi connectivity index (χ4v) is 2.69. The van der Waals surface area contributed by atoms with E-state index in [0.29, 0.717) is 11.8 Å². The standard InChI is InChI=1S/C13H22N2O3/c1-9-12(13(17-3)15(2)14-9)11(16)8-10-4-6-18-7-5-10/h10-11,16H,4-8H2,1-3H3. The summed E-state index contributed by atoms with van der Waals surface area (Å²) >= 11 is 0. The number of aromatic nitrogens is 2. The predicted octanol–water partition coefficient (Wildman–Crippen LogP) is 1.59. The number of nitrogens with zero attached hydrogens (tertiary/aromatic N) is 2.